The summed E-state index contributed by atoms with van der Waals surface area (Å²) >= 11 is 0. The maximum Gasteiger partial charge on any atom is 0.301 e. The van der Waals surface area contributed by atoms with Crippen LogP contribution >= 0.6 is 0 Å². The van der Waals surface area contributed by atoms with E-state index in [2.05, 4.69) is 4.72 Å². The normalized spacial score (nSPS) is 12.1. The molecule has 0 atom stereocenters. The Bertz CT molecular complexity index is 497. The minimum absolute atomic E-state index is 0.114. The van der Waals surface area contributed by atoms with Crippen LogP contribution in [0.4, 0.5) is 5.69 Å². The van der Waals surface area contributed by atoms with Gasteiger partial charge in [-0.05, 0) is 44.5 Å². The molecule has 0 amide bonds. The molecule has 0 fully saturated rings. The van der Waals surface area contributed by atoms with E-state index in [-0.39, 0.29) is 11.8 Å². The Kier molecular flexibility index (Phi) is 4.00. The average molecular weight is 258 g/mol. The highest BCUT2D eigenvalue weighted by atomic mass is 32.2. The first-order valence-electron chi connectivity index (χ1n) is 5.29. The molecule has 0 saturated heterocycles. The molecule has 6 heteroatoms. The second-order valence-electron chi connectivity index (χ2n) is 4.22. The van der Waals surface area contributed by atoms with Crippen LogP contribution in [0.1, 0.15) is 19.4 Å². The summed E-state index contributed by atoms with van der Waals surface area (Å²) in [6, 6.07) is 4.37. The van der Waals surface area contributed by atoms with E-state index in [1.807, 2.05) is 0 Å². The van der Waals surface area contributed by atoms with Crippen LogP contribution in [0.2, 0.25) is 0 Å². The Morgan fingerprint density at radius 3 is 2.41 bits per heavy atom. The van der Waals surface area contributed by atoms with Gasteiger partial charge >= 0.3 is 10.2 Å². The molecule has 17 heavy (non-hydrogen) atoms. The van der Waals surface area contributed by atoms with Gasteiger partial charge in [0.25, 0.3) is 0 Å². The molecule has 2 N–H and O–H groups in total. The molecule has 0 aromatic heterocycles. The molecular formula is C11H18N2O3S. The maximum absolute atomic E-state index is 11.9. The highest BCUT2D eigenvalue weighted by molar-refractivity contribution is 7.90. The average Bonchev–Trinajstić information content (AvgIpc) is 2.21. The van der Waals surface area contributed by atoms with Crippen molar-refractivity contribution in [1.82, 2.24) is 4.31 Å². The molecule has 1 aromatic rings. The number of anilines is 1. The highest BCUT2D eigenvalue weighted by Gasteiger charge is 2.20. The third-order valence-electron chi connectivity index (χ3n) is 2.56. The summed E-state index contributed by atoms with van der Waals surface area (Å²) in [6.07, 6.45) is 0. The quantitative estimate of drug-likeness (QED) is 0.808. The van der Waals surface area contributed by atoms with Gasteiger partial charge in [-0.25, -0.2) is 0 Å². The smallest absolute Gasteiger partial charge is 0.301 e. The fraction of sp³-hybridized carbons (Fsp3) is 0.455. The molecular weight excluding hydrogens is 240 g/mol. The van der Waals surface area contributed by atoms with Crippen molar-refractivity contribution in [3.63, 3.8) is 0 Å². The number of nitrogens with one attached hydrogen (secondary N) is 1. The maximum atomic E-state index is 11.9. The number of nitrogens with zero attached hydrogens (tertiary/aromatic N) is 1. The summed E-state index contributed by atoms with van der Waals surface area (Å²) < 4.78 is 27.6. The van der Waals surface area contributed by atoms with Crippen LogP contribution in [0.3, 0.4) is 0 Å². The van der Waals surface area contributed by atoms with E-state index in [4.69, 9.17) is 0 Å². The second kappa shape index (κ2) is 4.93. The Labute approximate surface area is 102 Å². The van der Waals surface area contributed by atoms with Gasteiger partial charge in [-0.3, -0.25) is 4.72 Å². The lowest BCUT2D eigenvalue weighted by atomic mass is 10.2. The van der Waals surface area contributed by atoms with E-state index in [1.54, 1.807) is 20.8 Å². The molecule has 0 spiro atoms. The van der Waals surface area contributed by atoms with Crippen molar-refractivity contribution in [2.75, 3.05) is 11.8 Å². The fourth-order valence-corrected chi connectivity index (χ4v) is 2.46. The highest BCUT2D eigenvalue weighted by Crippen LogP contribution is 2.21. The number of rotatable bonds is 4. The first-order valence-corrected chi connectivity index (χ1v) is 6.73. The number of aryl methyl sites for hydroxylation is 1. The third-order valence-corrected chi connectivity index (χ3v) is 4.21. The largest absolute Gasteiger partial charge is 0.508 e. The molecule has 0 aliphatic heterocycles. The molecule has 0 heterocycles. The fourth-order valence-electron chi connectivity index (χ4n) is 1.25. The van der Waals surface area contributed by atoms with Gasteiger partial charge in [0.2, 0.25) is 0 Å². The van der Waals surface area contributed by atoms with Gasteiger partial charge in [0.05, 0.1) is 5.69 Å². The first kappa shape index (κ1) is 13.8. The van der Waals surface area contributed by atoms with E-state index in [0.717, 1.165) is 0 Å². The molecule has 0 unspecified atom stereocenters. The molecule has 0 radical (unpaired) electrons. The number of aromatic hydroxyl groups is 1. The summed E-state index contributed by atoms with van der Waals surface area (Å²) in [6.45, 7) is 5.32. The summed E-state index contributed by atoms with van der Waals surface area (Å²) in [7, 11) is -2.03. The van der Waals surface area contributed by atoms with Gasteiger partial charge in [-0.1, -0.05) is 0 Å². The van der Waals surface area contributed by atoms with Crippen molar-refractivity contribution < 1.29 is 13.5 Å². The monoisotopic (exact) mass is 258 g/mol. The van der Waals surface area contributed by atoms with Crippen molar-refractivity contribution in [3.05, 3.63) is 23.8 Å². The van der Waals surface area contributed by atoms with Crippen LogP contribution in [0.5, 0.6) is 5.75 Å². The molecule has 0 bridgehead atoms. The zero-order valence-corrected chi connectivity index (χ0v) is 11.2. The van der Waals surface area contributed by atoms with E-state index >= 15 is 0 Å². The van der Waals surface area contributed by atoms with Gasteiger partial charge in [-0.15, -0.1) is 0 Å². The number of phenols is 1. The SMILES string of the molecule is Cc1cc(O)ccc1NS(=O)(=O)N(C)C(C)C. The Morgan fingerprint density at radius 2 is 1.94 bits per heavy atom. The predicted octanol–water partition coefficient (Wildman–Crippen LogP) is 1.70. The summed E-state index contributed by atoms with van der Waals surface area (Å²) in [5.41, 5.74) is 1.14. The van der Waals surface area contributed by atoms with Crippen molar-refractivity contribution in [3.8, 4) is 5.75 Å². The lowest BCUT2D eigenvalue weighted by Gasteiger charge is -2.22. The number of hydrogen-bond donors (Lipinski definition) is 2. The van der Waals surface area contributed by atoms with Gasteiger partial charge in [0, 0.05) is 13.1 Å². The van der Waals surface area contributed by atoms with E-state index in [1.165, 1.54) is 29.6 Å². The molecule has 1 rings (SSSR count). The summed E-state index contributed by atoms with van der Waals surface area (Å²) in [4.78, 5) is 0. The predicted molar refractivity (Wildman–Crippen MR) is 68.3 cm³/mol. The minimum atomic E-state index is -3.55. The standard InChI is InChI=1S/C11H18N2O3S/c1-8(2)13(4)17(15,16)12-11-6-5-10(14)7-9(11)3/h5-8,12,14H,1-4H3. The van der Waals surface area contributed by atoms with Gasteiger partial charge in [0.15, 0.2) is 0 Å². The molecule has 1 aromatic carbocycles. The first-order chi connectivity index (χ1) is 7.74. The number of phenolic OH excluding ortho intramolecular Hbond substituents is 1. The van der Waals surface area contributed by atoms with E-state index < -0.39 is 10.2 Å². The van der Waals surface area contributed by atoms with Gasteiger partial charge in [0.1, 0.15) is 5.75 Å². The van der Waals surface area contributed by atoms with Crippen molar-refractivity contribution in [2.24, 2.45) is 0 Å². The zero-order valence-electron chi connectivity index (χ0n) is 10.4. The van der Waals surface area contributed by atoms with Crippen LogP contribution in [0.15, 0.2) is 18.2 Å². The Balaban J connectivity index is 2.98. The third kappa shape index (κ3) is 3.34. The minimum Gasteiger partial charge on any atom is -0.508 e. The van der Waals surface area contributed by atoms with Crippen molar-refractivity contribution in [1.29, 1.82) is 0 Å². The van der Waals surface area contributed by atoms with Crippen LogP contribution in [0, 0.1) is 6.92 Å². The lowest BCUT2D eigenvalue weighted by molar-refractivity contribution is 0.414. The Hall–Kier alpha value is -1.27. The molecule has 0 aliphatic carbocycles. The van der Waals surface area contributed by atoms with Crippen molar-refractivity contribution in [2.45, 2.75) is 26.8 Å². The lowest BCUT2D eigenvalue weighted by Crippen LogP contribution is -2.37. The molecule has 96 valence electrons. The van der Waals surface area contributed by atoms with Crippen molar-refractivity contribution >= 4 is 15.9 Å². The Morgan fingerprint density at radius 1 is 1.35 bits per heavy atom. The van der Waals surface area contributed by atoms with Crippen LogP contribution < -0.4 is 4.72 Å². The summed E-state index contributed by atoms with van der Waals surface area (Å²) in [5.74, 6) is 0.114. The summed E-state index contributed by atoms with van der Waals surface area (Å²) in [5, 5.41) is 9.25. The van der Waals surface area contributed by atoms with Gasteiger partial charge < -0.3 is 5.11 Å². The van der Waals surface area contributed by atoms with Gasteiger partial charge in [-0.2, -0.15) is 12.7 Å². The number of benzene rings is 1. The van der Waals surface area contributed by atoms with Crippen LogP contribution in [-0.2, 0) is 10.2 Å². The molecule has 0 saturated carbocycles. The van der Waals surface area contributed by atoms with Crippen LogP contribution in [-0.4, -0.2) is 30.9 Å². The number of hydrogen-bond acceptors (Lipinski definition) is 3. The van der Waals surface area contributed by atoms with E-state index in [0.29, 0.717) is 11.3 Å². The molecule has 0 aliphatic rings. The van der Waals surface area contributed by atoms with Crippen LogP contribution in [0.25, 0.3) is 0 Å². The topological polar surface area (TPSA) is 69.6 Å². The second-order valence-corrected chi connectivity index (χ2v) is 5.95. The van der Waals surface area contributed by atoms with E-state index in [9.17, 15) is 13.5 Å². The molecule has 5 nitrogen and oxygen atoms in total. The zero-order chi connectivity index (χ0) is 13.2.